The fourth-order valence-corrected chi connectivity index (χ4v) is 4.03. The fourth-order valence-electron chi connectivity index (χ4n) is 2.70. The molecule has 4 nitrogen and oxygen atoms in total. The number of nitrogens with one attached hydrogen (secondary N) is 1. The molecule has 1 heterocycles. The first kappa shape index (κ1) is 14.9. The molecule has 108 valence electrons. The highest BCUT2D eigenvalue weighted by Crippen LogP contribution is 2.29. The zero-order chi connectivity index (χ0) is 14.9. The van der Waals surface area contributed by atoms with Crippen molar-refractivity contribution in [2.45, 2.75) is 32.7 Å². The summed E-state index contributed by atoms with van der Waals surface area (Å²) >= 11 is 1.56. The van der Waals surface area contributed by atoms with Crippen molar-refractivity contribution in [1.29, 1.82) is 0 Å². The molecule has 1 unspecified atom stereocenters. The van der Waals surface area contributed by atoms with E-state index in [2.05, 4.69) is 5.32 Å². The van der Waals surface area contributed by atoms with Crippen LogP contribution in [0.2, 0.25) is 0 Å². The molecule has 0 aliphatic carbocycles. The van der Waals surface area contributed by atoms with Crippen LogP contribution in [0.5, 0.6) is 0 Å². The highest BCUT2D eigenvalue weighted by Gasteiger charge is 2.43. The Kier molecular flexibility index (Phi) is 4.09. The highest BCUT2D eigenvalue weighted by atomic mass is 32.2. The van der Waals surface area contributed by atoms with Crippen LogP contribution in [0.15, 0.2) is 12.1 Å². The maximum absolute atomic E-state index is 12.5. The molecule has 0 saturated carbocycles. The number of aryl methyl sites for hydroxylation is 3. The standard InChI is InChI=1S/C15H19NO3S/c1-9-6-10(2)12(11(3)7-9)13(17)16-15(14(18)19)4-5-20-8-15/h6-7H,4-5,8H2,1-3H3,(H,16,17)(H,18,19). The van der Waals surface area contributed by atoms with Gasteiger partial charge in [-0.25, -0.2) is 4.79 Å². The molecule has 2 N–H and O–H groups in total. The van der Waals surface area contributed by atoms with Gasteiger partial charge in [0.25, 0.3) is 5.91 Å². The predicted octanol–water partition coefficient (Wildman–Crippen LogP) is 2.30. The van der Waals surface area contributed by atoms with Crippen LogP contribution in [0.25, 0.3) is 0 Å². The van der Waals surface area contributed by atoms with E-state index in [9.17, 15) is 14.7 Å². The molecule has 1 fully saturated rings. The lowest BCUT2D eigenvalue weighted by Gasteiger charge is -2.25. The summed E-state index contributed by atoms with van der Waals surface area (Å²) in [5, 5.41) is 12.2. The predicted molar refractivity (Wildman–Crippen MR) is 80.4 cm³/mol. The Morgan fingerprint density at radius 2 is 1.85 bits per heavy atom. The first-order valence-corrected chi connectivity index (χ1v) is 7.73. The summed E-state index contributed by atoms with van der Waals surface area (Å²) in [7, 11) is 0. The quantitative estimate of drug-likeness (QED) is 0.897. The van der Waals surface area contributed by atoms with Crippen LogP contribution >= 0.6 is 11.8 Å². The van der Waals surface area contributed by atoms with E-state index in [0.717, 1.165) is 22.4 Å². The molecule has 1 amide bonds. The molecule has 20 heavy (non-hydrogen) atoms. The number of carbonyl (C=O) groups excluding carboxylic acids is 1. The summed E-state index contributed by atoms with van der Waals surface area (Å²) in [6.45, 7) is 5.74. The normalized spacial score (nSPS) is 21.8. The number of benzene rings is 1. The van der Waals surface area contributed by atoms with Crippen molar-refractivity contribution >= 4 is 23.6 Å². The molecule has 1 saturated heterocycles. The molecular weight excluding hydrogens is 274 g/mol. The number of carboxylic acids is 1. The number of hydrogen-bond donors (Lipinski definition) is 2. The van der Waals surface area contributed by atoms with E-state index in [1.807, 2.05) is 32.9 Å². The van der Waals surface area contributed by atoms with Gasteiger partial charge in [-0.15, -0.1) is 0 Å². The van der Waals surface area contributed by atoms with Crippen LogP contribution in [0.3, 0.4) is 0 Å². The average molecular weight is 293 g/mol. The molecule has 0 bridgehead atoms. The second-order valence-electron chi connectivity index (χ2n) is 5.42. The van der Waals surface area contributed by atoms with Crippen LogP contribution < -0.4 is 5.32 Å². The zero-order valence-corrected chi connectivity index (χ0v) is 12.8. The van der Waals surface area contributed by atoms with Crippen molar-refractivity contribution in [1.82, 2.24) is 5.32 Å². The second kappa shape index (κ2) is 5.48. The zero-order valence-electron chi connectivity index (χ0n) is 11.9. The molecule has 1 aromatic rings. The van der Waals surface area contributed by atoms with E-state index in [1.165, 1.54) is 0 Å². The van der Waals surface area contributed by atoms with E-state index < -0.39 is 11.5 Å². The van der Waals surface area contributed by atoms with Gasteiger partial charge in [0.2, 0.25) is 0 Å². The third kappa shape index (κ3) is 2.68. The fraction of sp³-hybridized carbons (Fsp3) is 0.467. The summed E-state index contributed by atoms with van der Waals surface area (Å²) < 4.78 is 0. The van der Waals surface area contributed by atoms with Gasteiger partial charge in [-0.05, 0) is 44.1 Å². The maximum atomic E-state index is 12.5. The molecule has 5 heteroatoms. The first-order chi connectivity index (χ1) is 9.35. The molecule has 1 aliphatic heterocycles. The monoisotopic (exact) mass is 293 g/mol. The minimum absolute atomic E-state index is 0.287. The summed E-state index contributed by atoms with van der Waals surface area (Å²) in [4.78, 5) is 24.0. The number of carbonyl (C=O) groups is 2. The molecule has 0 aromatic heterocycles. The van der Waals surface area contributed by atoms with E-state index in [0.29, 0.717) is 17.7 Å². The number of aliphatic carboxylic acids is 1. The van der Waals surface area contributed by atoms with Crippen LogP contribution in [-0.4, -0.2) is 34.0 Å². The third-order valence-corrected chi connectivity index (χ3v) is 4.88. The topological polar surface area (TPSA) is 66.4 Å². The van der Waals surface area contributed by atoms with Gasteiger partial charge in [0, 0.05) is 11.3 Å². The van der Waals surface area contributed by atoms with E-state index in [-0.39, 0.29) is 5.91 Å². The minimum Gasteiger partial charge on any atom is -0.479 e. The van der Waals surface area contributed by atoms with Gasteiger partial charge in [-0.1, -0.05) is 17.7 Å². The lowest BCUT2D eigenvalue weighted by Crippen LogP contribution is -2.55. The summed E-state index contributed by atoms with van der Waals surface area (Å²) in [6, 6.07) is 3.89. The Labute approximate surface area is 123 Å². The second-order valence-corrected chi connectivity index (χ2v) is 6.52. The van der Waals surface area contributed by atoms with Gasteiger partial charge in [-0.3, -0.25) is 4.79 Å². The van der Waals surface area contributed by atoms with E-state index in [1.54, 1.807) is 11.8 Å². The van der Waals surface area contributed by atoms with Crippen molar-refractivity contribution in [2.24, 2.45) is 0 Å². The Morgan fingerprint density at radius 1 is 1.25 bits per heavy atom. The van der Waals surface area contributed by atoms with Gasteiger partial charge >= 0.3 is 5.97 Å². The first-order valence-electron chi connectivity index (χ1n) is 6.57. The average Bonchev–Trinajstić information content (AvgIpc) is 2.77. The van der Waals surface area contributed by atoms with E-state index in [4.69, 9.17) is 0 Å². The Balaban J connectivity index is 2.31. The number of amides is 1. The number of rotatable bonds is 3. The maximum Gasteiger partial charge on any atom is 0.330 e. The van der Waals surface area contributed by atoms with Crippen molar-refractivity contribution in [3.63, 3.8) is 0 Å². The van der Waals surface area contributed by atoms with Gasteiger partial charge < -0.3 is 10.4 Å². The Morgan fingerprint density at radius 3 is 2.30 bits per heavy atom. The third-order valence-electron chi connectivity index (χ3n) is 3.69. The van der Waals surface area contributed by atoms with Crippen LogP contribution in [0.1, 0.15) is 33.5 Å². The lowest BCUT2D eigenvalue weighted by molar-refractivity contribution is -0.143. The smallest absolute Gasteiger partial charge is 0.330 e. The summed E-state index contributed by atoms with van der Waals surface area (Å²) in [6.07, 6.45) is 0.475. The molecule has 0 spiro atoms. The van der Waals surface area contributed by atoms with Crippen LogP contribution in [-0.2, 0) is 4.79 Å². The largest absolute Gasteiger partial charge is 0.479 e. The van der Waals surface area contributed by atoms with Crippen molar-refractivity contribution in [2.75, 3.05) is 11.5 Å². The molecular formula is C15H19NO3S. The molecule has 1 aromatic carbocycles. The minimum atomic E-state index is -1.12. The lowest BCUT2D eigenvalue weighted by atomic mass is 9.95. The van der Waals surface area contributed by atoms with Gasteiger partial charge in [0.15, 0.2) is 0 Å². The van der Waals surface area contributed by atoms with Crippen molar-refractivity contribution in [3.05, 3.63) is 34.4 Å². The van der Waals surface area contributed by atoms with Gasteiger partial charge in [0.05, 0.1) is 0 Å². The van der Waals surface area contributed by atoms with Crippen LogP contribution in [0, 0.1) is 20.8 Å². The summed E-state index contributed by atoms with van der Waals surface area (Å²) in [5.41, 5.74) is 2.33. The number of hydrogen-bond acceptors (Lipinski definition) is 3. The van der Waals surface area contributed by atoms with Crippen molar-refractivity contribution in [3.8, 4) is 0 Å². The molecule has 1 atom stereocenters. The SMILES string of the molecule is Cc1cc(C)c(C(=O)NC2(C(=O)O)CCSC2)c(C)c1. The number of thioether (sulfide) groups is 1. The molecule has 0 radical (unpaired) electrons. The molecule has 2 rings (SSSR count). The molecule has 1 aliphatic rings. The van der Waals surface area contributed by atoms with Crippen LogP contribution in [0.4, 0.5) is 0 Å². The van der Waals surface area contributed by atoms with Gasteiger partial charge in [0.1, 0.15) is 5.54 Å². The Bertz CT molecular complexity index is 539. The van der Waals surface area contributed by atoms with E-state index >= 15 is 0 Å². The Hall–Kier alpha value is -1.49. The van der Waals surface area contributed by atoms with Gasteiger partial charge in [-0.2, -0.15) is 11.8 Å². The van der Waals surface area contributed by atoms with Crippen molar-refractivity contribution < 1.29 is 14.7 Å². The number of carboxylic acid groups (broad SMARTS) is 1. The highest BCUT2D eigenvalue weighted by molar-refractivity contribution is 7.99. The summed E-state index contributed by atoms with van der Waals surface area (Å²) in [5.74, 6) is -0.0422.